The van der Waals surface area contributed by atoms with Crippen LogP contribution in [0.4, 0.5) is 0 Å². The number of hydrogen-bond acceptors (Lipinski definition) is 5. The van der Waals surface area contributed by atoms with E-state index in [0.717, 1.165) is 22.5 Å². The van der Waals surface area contributed by atoms with Crippen molar-refractivity contribution in [3.63, 3.8) is 0 Å². The van der Waals surface area contributed by atoms with E-state index < -0.39 is 5.91 Å². The summed E-state index contributed by atoms with van der Waals surface area (Å²) in [5.74, 6) is 1.11. The Kier molecular flexibility index (Phi) is 5.98. The molecule has 0 fully saturated rings. The maximum absolute atomic E-state index is 12.0. The summed E-state index contributed by atoms with van der Waals surface area (Å²) in [6.45, 7) is 2.30. The fourth-order valence-corrected chi connectivity index (χ4v) is 3.46. The van der Waals surface area contributed by atoms with Crippen LogP contribution in [0.25, 0.3) is 11.3 Å². The van der Waals surface area contributed by atoms with Gasteiger partial charge in [-0.05, 0) is 48.4 Å². The minimum Gasteiger partial charge on any atom is -0.493 e. The Morgan fingerprint density at radius 1 is 1.03 bits per heavy atom. The average molecular weight is 405 g/mol. The number of nitriles is 1. The predicted octanol–water partition coefficient (Wildman–Crippen LogP) is 3.51. The summed E-state index contributed by atoms with van der Waals surface area (Å²) in [5.41, 5.74) is 9.94. The molecule has 154 valence electrons. The lowest BCUT2D eigenvalue weighted by atomic mass is 10.1. The molecule has 0 atom stereocenters. The van der Waals surface area contributed by atoms with Gasteiger partial charge in [0.2, 0.25) is 5.75 Å². The van der Waals surface area contributed by atoms with Crippen molar-refractivity contribution in [3.8, 4) is 34.6 Å². The second-order valence-electron chi connectivity index (χ2n) is 6.70. The number of nitrogens with two attached hydrogens (primary N) is 1. The monoisotopic (exact) mass is 405 g/mol. The summed E-state index contributed by atoms with van der Waals surface area (Å²) in [4.78, 5) is 12.0. The van der Waals surface area contributed by atoms with Crippen molar-refractivity contribution < 1.29 is 19.0 Å². The van der Waals surface area contributed by atoms with Gasteiger partial charge in [0.05, 0.1) is 38.5 Å². The minimum atomic E-state index is -0.494. The first-order chi connectivity index (χ1) is 14.4. The van der Waals surface area contributed by atoms with Crippen molar-refractivity contribution in [1.82, 2.24) is 4.57 Å². The highest BCUT2D eigenvalue weighted by molar-refractivity contribution is 5.95. The summed E-state index contributed by atoms with van der Waals surface area (Å²) < 4.78 is 18.3. The van der Waals surface area contributed by atoms with Gasteiger partial charge in [-0.3, -0.25) is 4.79 Å². The quantitative estimate of drug-likeness (QED) is 0.648. The normalized spacial score (nSPS) is 10.4. The van der Waals surface area contributed by atoms with Gasteiger partial charge in [0, 0.05) is 17.9 Å². The van der Waals surface area contributed by atoms with E-state index in [0.29, 0.717) is 34.9 Å². The number of carbonyl (C=O) groups is 1. The number of methoxy groups -OCH3 is 3. The zero-order valence-corrected chi connectivity index (χ0v) is 17.4. The smallest absolute Gasteiger partial charge is 0.250 e. The summed E-state index contributed by atoms with van der Waals surface area (Å²) in [6, 6.07) is 14.8. The molecule has 0 aliphatic rings. The molecule has 0 radical (unpaired) electrons. The van der Waals surface area contributed by atoms with Crippen LogP contribution in [-0.4, -0.2) is 31.8 Å². The third-order valence-electron chi connectivity index (χ3n) is 5.01. The molecule has 30 heavy (non-hydrogen) atoms. The van der Waals surface area contributed by atoms with Gasteiger partial charge in [0.25, 0.3) is 5.91 Å². The molecule has 1 amide bonds. The van der Waals surface area contributed by atoms with Gasteiger partial charge in [-0.25, -0.2) is 0 Å². The largest absolute Gasteiger partial charge is 0.493 e. The molecular weight excluding hydrogens is 382 g/mol. The van der Waals surface area contributed by atoms with Crippen LogP contribution in [0.15, 0.2) is 42.5 Å². The molecule has 7 heteroatoms. The molecule has 2 aromatic carbocycles. The van der Waals surface area contributed by atoms with E-state index in [1.165, 1.54) is 0 Å². The van der Waals surface area contributed by atoms with Crippen molar-refractivity contribution in [2.45, 2.75) is 13.5 Å². The second kappa shape index (κ2) is 8.62. The summed E-state index contributed by atoms with van der Waals surface area (Å²) in [7, 11) is 4.68. The molecule has 3 rings (SSSR count). The molecule has 1 aromatic heterocycles. The molecule has 3 aromatic rings. The van der Waals surface area contributed by atoms with Crippen LogP contribution in [0.3, 0.4) is 0 Å². The van der Waals surface area contributed by atoms with Gasteiger partial charge in [0.1, 0.15) is 0 Å². The zero-order chi connectivity index (χ0) is 21.8. The lowest BCUT2D eigenvalue weighted by Gasteiger charge is -2.17. The number of aromatic nitrogens is 1. The summed E-state index contributed by atoms with van der Waals surface area (Å²) in [6.07, 6.45) is 0. The molecule has 0 saturated carbocycles. The third-order valence-corrected chi connectivity index (χ3v) is 5.01. The molecule has 7 nitrogen and oxygen atoms in total. The van der Waals surface area contributed by atoms with E-state index >= 15 is 0 Å². The lowest BCUT2D eigenvalue weighted by molar-refractivity contribution is 0.0999. The Hall–Kier alpha value is -3.92. The molecule has 2 N–H and O–H groups in total. The maximum atomic E-state index is 12.0. The van der Waals surface area contributed by atoms with Crippen molar-refractivity contribution >= 4 is 5.91 Å². The molecule has 1 heterocycles. The van der Waals surface area contributed by atoms with Gasteiger partial charge in [-0.1, -0.05) is 12.1 Å². The topological polar surface area (TPSA) is 99.5 Å². The van der Waals surface area contributed by atoms with Crippen molar-refractivity contribution in [3.05, 3.63) is 64.8 Å². The third kappa shape index (κ3) is 3.80. The fourth-order valence-electron chi connectivity index (χ4n) is 3.46. The van der Waals surface area contributed by atoms with Gasteiger partial charge < -0.3 is 24.5 Å². The molecular formula is C23H23N3O4. The first-order valence-corrected chi connectivity index (χ1v) is 9.22. The highest BCUT2D eigenvalue weighted by atomic mass is 16.5. The Bertz CT molecular complexity index is 1100. The zero-order valence-electron chi connectivity index (χ0n) is 17.4. The maximum Gasteiger partial charge on any atom is 0.250 e. The minimum absolute atomic E-state index is 0.446. The van der Waals surface area contributed by atoms with Crippen molar-refractivity contribution in [1.29, 1.82) is 5.26 Å². The average Bonchev–Trinajstić information content (AvgIpc) is 3.09. The molecule has 0 aliphatic heterocycles. The van der Waals surface area contributed by atoms with E-state index in [4.69, 9.17) is 25.2 Å². The Morgan fingerprint density at radius 3 is 2.10 bits per heavy atom. The van der Waals surface area contributed by atoms with E-state index in [1.54, 1.807) is 39.5 Å². The van der Waals surface area contributed by atoms with Gasteiger partial charge >= 0.3 is 0 Å². The van der Waals surface area contributed by atoms with Gasteiger partial charge in [-0.15, -0.1) is 0 Å². The van der Waals surface area contributed by atoms with Crippen molar-refractivity contribution in [2.75, 3.05) is 21.3 Å². The van der Waals surface area contributed by atoms with Crippen LogP contribution < -0.4 is 19.9 Å². The fraction of sp³-hybridized carbons (Fsp3) is 0.217. The standard InChI is InChI=1S/C23H23N3O4/c1-14-18(23(25)27)11-19(17-7-5-15(12-24)6-8-17)26(14)13-16-9-20(28-2)22(30-4)21(10-16)29-3/h5-11H,13H2,1-4H3,(H2,25,27). The van der Waals surface area contributed by atoms with Crippen LogP contribution in [0.2, 0.25) is 0 Å². The van der Waals surface area contributed by atoms with E-state index in [1.807, 2.05) is 35.8 Å². The van der Waals surface area contributed by atoms with Crippen LogP contribution in [0, 0.1) is 18.3 Å². The number of carbonyl (C=O) groups excluding carboxylic acids is 1. The summed E-state index contributed by atoms with van der Waals surface area (Å²) in [5, 5.41) is 9.06. The number of amides is 1. The molecule has 0 saturated heterocycles. The Labute approximate surface area is 175 Å². The van der Waals surface area contributed by atoms with Gasteiger partial charge in [0.15, 0.2) is 11.5 Å². The number of hydrogen-bond donors (Lipinski definition) is 1. The number of benzene rings is 2. The molecule has 0 unspecified atom stereocenters. The first kappa shape index (κ1) is 20.8. The van der Waals surface area contributed by atoms with Crippen LogP contribution in [-0.2, 0) is 6.54 Å². The number of nitrogens with zero attached hydrogens (tertiary/aromatic N) is 2. The Balaban J connectivity index is 2.14. The molecule has 0 aliphatic carbocycles. The van der Waals surface area contributed by atoms with Crippen LogP contribution in [0.5, 0.6) is 17.2 Å². The molecule has 0 bridgehead atoms. The number of rotatable bonds is 7. The second-order valence-corrected chi connectivity index (χ2v) is 6.70. The summed E-state index contributed by atoms with van der Waals surface area (Å²) >= 11 is 0. The first-order valence-electron chi connectivity index (χ1n) is 9.22. The highest BCUT2D eigenvalue weighted by Gasteiger charge is 2.19. The van der Waals surface area contributed by atoms with Gasteiger partial charge in [-0.2, -0.15) is 5.26 Å². The number of primary amides is 1. The van der Waals surface area contributed by atoms with Crippen molar-refractivity contribution in [2.24, 2.45) is 5.73 Å². The van der Waals surface area contributed by atoms with E-state index in [-0.39, 0.29) is 0 Å². The lowest BCUT2D eigenvalue weighted by Crippen LogP contribution is -2.13. The van der Waals surface area contributed by atoms with E-state index in [2.05, 4.69) is 6.07 Å². The van der Waals surface area contributed by atoms with Crippen LogP contribution in [0.1, 0.15) is 27.2 Å². The predicted molar refractivity (Wildman–Crippen MR) is 113 cm³/mol. The molecule has 0 spiro atoms. The highest BCUT2D eigenvalue weighted by Crippen LogP contribution is 2.39. The SMILES string of the molecule is COc1cc(Cn2c(-c3ccc(C#N)cc3)cc(C(N)=O)c2C)cc(OC)c1OC. The Morgan fingerprint density at radius 2 is 1.63 bits per heavy atom. The number of ether oxygens (including phenoxy) is 3. The van der Waals surface area contributed by atoms with Crippen LogP contribution >= 0.6 is 0 Å². The van der Waals surface area contributed by atoms with E-state index in [9.17, 15) is 4.79 Å².